The molecule has 0 aliphatic heterocycles. The number of allylic oxidation sites excluding steroid dienone is 1. The molecule has 0 rings (SSSR count). The second-order valence-corrected chi connectivity index (χ2v) is 2.20. The highest BCUT2D eigenvalue weighted by atomic mass is 35.5. The van der Waals surface area contributed by atoms with Gasteiger partial charge in [0.15, 0.2) is 0 Å². The predicted molar refractivity (Wildman–Crippen MR) is 47.1 cm³/mol. The summed E-state index contributed by atoms with van der Waals surface area (Å²) < 4.78 is 9.70. The summed E-state index contributed by atoms with van der Waals surface area (Å²) in [5, 5.41) is 0. The number of alkyl halides is 1. The molecule has 0 bridgehead atoms. The molecule has 0 fully saturated rings. The van der Waals surface area contributed by atoms with Crippen molar-refractivity contribution >= 4 is 17.6 Å². The number of rotatable bonds is 5. The van der Waals surface area contributed by atoms with Gasteiger partial charge < -0.3 is 9.47 Å². The molecule has 0 aliphatic carbocycles. The number of carbonyl (C=O) groups is 1. The minimum absolute atomic E-state index is 0.187. The van der Waals surface area contributed by atoms with Crippen molar-refractivity contribution in [3.63, 3.8) is 0 Å². The average Bonchev–Trinajstić information content (AvgIpc) is 2.04. The SMILES string of the molecule is CCOC(=O)/C=C(/CCl)OCC. The molecule has 0 saturated carbocycles. The van der Waals surface area contributed by atoms with Crippen LogP contribution in [0.5, 0.6) is 0 Å². The number of esters is 1. The molecule has 0 aromatic carbocycles. The third-order valence-corrected chi connectivity index (χ3v) is 1.29. The lowest BCUT2D eigenvalue weighted by Gasteiger charge is -2.03. The lowest BCUT2D eigenvalue weighted by molar-refractivity contribution is -0.137. The fraction of sp³-hybridized carbons (Fsp3) is 0.625. The van der Waals surface area contributed by atoms with Crippen LogP contribution in [0.3, 0.4) is 0 Å². The molecular weight excluding hydrogens is 180 g/mol. The summed E-state index contributed by atoms with van der Waals surface area (Å²) in [5.41, 5.74) is 0. The molecule has 12 heavy (non-hydrogen) atoms. The fourth-order valence-corrected chi connectivity index (χ4v) is 0.774. The molecule has 0 saturated heterocycles. The first-order valence-electron chi connectivity index (χ1n) is 3.80. The van der Waals surface area contributed by atoms with E-state index in [1.165, 1.54) is 6.08 Å². The molecule has 70 valence electrons. The molecule has 0 heterocycles. The molecule has 0 amide bonds. The molecule has 0 atom stereocenters. The van der Waals surface area contributed by atoms with Gasteiger partial charge in [-0.25, -0.2) is 4.79 Å². The minimum Gasteiger partial charge on any atom is -0.497 e. The van der Waals surface area contributed by atoms with Gasteiger partial charge in [-0.2, -0.15) is 0 Å². The second kappa shape index (κ2) is 6.98. The highest BCUT2D eigenvalue weighted by Crippen LogP contribution is 2.00. The largest absolute Gasteiger partial charge is 0.497 e. The Bertz CT molecular complexity index is 166. The number of ether oxygens (including phenoxy) is 2. The first-order valence-corrected chi connectivity index (χ1v) is 4.34. The van der Waals surface area contributed by atoms with Crippen LogP contribution in [-0.2, 0) is 14.3 Å². The minimum atomic E-state index is -0.415. The van der Waals surface area contributed by atoms with Crippen LogP contribution in [-0.4, -0.2) is 25.1 Å². The molecule has 0 N–H and O–H groups in total. The van der Waals surface area contributed by atoms with Crippen LogP contribution in [0.2, 0.25) is 0 Å². The van der Waals surface area contributed by atoms with Crippen LogP contribution in [0.1, 0.15) is 13.8 Å². The first-order chi connectivity index (χ1) is 5.74. The zero-order valence-electron chi connectivity index (χ0n) is 7.30. The van der Waals surface area contributed by atoms with Crippen molar-refractivity contribution in [2.45, 2.75) is 13.8 Å². The summed E-state index contributed by atoms with van der Waals surface area (Å²) in [7, 11) is 0. The lowest BCUT2D eigenvalue weighted by Crippen LogP contribution is -2.03. The first kappa shape index (κ1) is 11.3. The van der Waals surface area contributed by atoms with Crippen LogP contribution in [0.25, 0.3) is 0 Å². The van der Waals surface area contributed by atoms with Crippen LogP contribution >= 0.6 is 11.6 Å². The molecule has 0 aromatic rings. The molecule has 0 aromatic heterocycles. The van der Waals surface area contributed by atoms with E-state index in [4.69, 9.17) is 16.3 Å². The Morgan fingerprint density at radius 3 is 2.33 bits per heavy atom. The van der Waals surface area contributed by atoms with Crippen molar-refractivity contribution in [3.05, 3.63) is 11.8 Å². The van der Waals surface area contributed by atoms with E-state index in [2.05, 4.69) is 4.74 Å². The average molecular weight is 193 g/mol. The van der Waals surface area contributed by atoms with Gasteiger partial charge in [0.05, 0.1) is 25.2 Å². The van der Waals surface area contributed by atoms with Crippen molar-refractivity contribution in [2.75, 3.05) is 19.1 Å². The van der Waals surface area contributed by atoms with Gasteiger partial charge in [0, 0.05) is 0 Å². The Kier molecular flexibility index (Phi) is 6.57. The summed E-state index contributed by atoms with van der Waals surface area (Å²) >= 11 is 5.49. The zero-order valence-corrected chi connectivity index (χ0v) is 8.06. The number of carbonyl (C=O) groups excluding carboxylic acids is 1. The van der Waals surface area contributed by atoms with Gasteiger partial charge in [0.1, 0.15) is 5.76 Å². The number of hydrogen-bond donors (Lipinski definition) is 0. The van der Waals surface area contributed by atoms with Gasteiger partial charge in [-0.1, -0.05) is 0 Å². The standard InChI is InChI=1S/C8H13ClO3/c1-3-11-7(6-9)5-8(10)12-4-2/h5H,3-4,6H2,1-2H3/b7-5-. The topological polar surface area (TPSA) is 35.5 Å². The molecule has 0 spiro atoms. The van der Waals surface area contributed by atoms with Crippen molar-refractivity contribution in [1.82, 2.24) is 0 Å². The number of hydrogen-bond acceptors (Lipinski definition) is 3. The quantitative estimate of drug-likeness (QED) is 0.288. The summed E-state index contributed by atoms with van der Waals surface area (Å²) in [6.45, 7) is 4.42. The van der Waals surface area contributed by atoms with Crippen molar-refractivity contribution in [2.24, 2.45) is 0 Å². The summed E-state index contributed by atoms with van der Waals surface area (Å²) in [5.74, 6) is 0.214. The maximum atomic E-state index is 10.8. The molecule has 4 heteroatoms. The third kappa shape index (κ3) is 5.02. The van der Waals surface area contributed by atoms with Gasteiger partial charge in [-0.05, 0) is 13.8 Å². The highest BCUT2D eigenvalue weighted by Gasteiger charge is 2.01. The number of halogens is 1. The van der Waals surface area contributed by atoms with Crippen LogP contribution < -0.4 is 0 Å². The van der Waals surface area contributed by atoms with Crippen molar-refractivity contribution in [3.8, 4) is 0 Å². The zero-order chi connectivity index (χ0) is 9.40. The predicted octanol–water partition coefficient (Wildman–Crippen LogP) is 1.71. The lowest BCUT2D eigenvalue weighted by atomic mass is 10.5. The van der Waals surface area contributed by atoms with E-state index in [1.807, 2.05) is 6.92 Å². The van der Waals surface area contributed by atoms with Crippen LogP contribution in [0.4, 0.5) is 0 Å². The van der Waals surface area contributed by atoms with E-state index in [1.54, 1.807) is 6.92 Å². The second-order valence-electron chi connectivity index (χ2n) is 1.93. The maximum Gasteiger partial charge on any atom is 0.334 e. The monoisotopic (exact) mass is 192 g/mol. The van der Waals surface area contributed by atoms with E-state index >= 15 is 0 Å². The van der Waals surface area contributed by atoms with Gasteiger partial charge in [-0.3, -0.25) is 0 Å². The molecule has 0 radical (unpaired) electrons. The van der Waals surface area contributed by atoms with E-state index in [9.17, 15) is 4.79 Å². The Morgan fingerprint density at radius 2 is 1.92 bits per heavy atom. The highest BCUT2D eigenvalue weighted by molar-refractivity contribution is 6.19. The molecule has 3 nitrogen and oxygen atoms in total. The van der Waals surface area contributed by atoms with E-state index < -0.39 is 5.97 Å². The summed E-state index contributed by atoms with van der Waals surface area (Å²) in [4.78, 5) is 10.8. The van der Waals surface area contributed by atoms with Crippen molar-refractivity contribution in [1.29, 1.82) is 0 Å². The Morgan fingerprint density at radius 1 is 1.33 bits per heavy atom. The fourth-order valence-electron chi connectivity index (χ4n) is 0.620. The molecular formula is C8H13ClO3. The summed E-state index contributed by atoms with van der Waals surface area (Å²) in [6.07, 6.45) is 1.26. The van der Waals surface area contributed by atoms with Gasteiger partial charge >= 0.3 is 5.97 Å². The summed E-state index contributed by atoms with van der Waals surface area (Å²) in [6, 6.07) is 0. The normalized spacial score (nSPS) is 11.1. The van der Waals surface area contributed by atoms with E-state index in [0.717, 1.165) is 0 Å². The van der Waals surface area contributed by atoms with Crippen LogP contribution in [0, 0.1) is 0 Å². The smallest absolute Gasteiger partial charge is 0.334 e. The molecule has 0 aliphatic rings. The van der Waals surface area contributed by atoms with Gasteiger partial charge in [0.2, 0.25) is 0 Å². The van der Waals surface area contributed by atoms with Crippen LogP contribution in [0.15, 0.2) is 11.8 Å². The van der Waals surface area contributed by atoms with Gasteiger partial charge in [0.25, 0.3) is 0 Å². The molecule has 0 unspecified atom stereocenters. The van der Waals surface area contributed by atoms with E-state index in [-0.39, 0.29) is 5.88 Å². The Balaban J connectivity index is 3.98. The Labute approximate surface area is 77.3 Å². The van der Waals surface area contributed by atoms with E-state index in [0.29, 0.717) is 19.0 Å². The van der Waals surface area contributed by atoms with Crippen molar-refractivity contribution < 1.29 is 14.3 Å². The Hall–Kier alpha value is -0.700. The third-order valence-electron chi connectivity index (χ3n) is 1.03. The maximum absolute atomic E-state index is 10.8. The van der Waals surface area contributed by atoms with Gasteiger partial charge in [-0.15, -0.1) is 11.6 Å².